The Morgan fingerprint density at radius 2 is 2.04 bits per heavy atom. The minimum atomic E-state index is 0.0464. The van der Waals surface area contributed by atoms with Crippen LogP contribution >= 0.6 is 22.7 Å². The molecule has 0 aliphatic rings. The first kappa shape index (κ1) is 16.7. The molecule has 3 rings (SSSR count). The monoisotopic (exact) mass is 353 g/mol. The van der Waals surface area contributed by atoms with Gasteiger partial charge >= 0.3 is 0 Å². The molecule has 1 amide bonds. The van der Waals surface area contributed by atoms with Crippen LogP contribution in [-0.2, 0) is 11.3 Å². The van der Waals surface area contributed by atoms with Crippen molar-refractivity contribution in [3.63, 3.8) is 0 Å². The zero-order valence-corrected chi connectivity index (χ0v) is 15.4. The molecule has 0 saturated heterocycles. The molecule has 0 N–H and O–H groups in total. The third-order valence-corrected chi connectivity index (χ3v) is 5.35. The molecule has 0 atom stereocenters. The summed E-state index contributed by atoms with van der Waals surface area (Å²) in [6, 6.07) is 14.3. The van der Waals surface area contributed by atoms with Gasteiger partial charge in [-0.15, -0.1) is 11.3 Å². The van der Waals surface area contributed by atoms with Gasteiger partial charge in [0.2, 0.25) is 0 Å². The largest absolute Gasteiger partial charge is 0.337 e. The molecule has 2 heterocycles. The van der Waals surface area contributed by atoms with Crippen LogP contribution in [0.15, 0.2) is 58.6 Å². The Morgan fingerprint density at radius 3 is 2.71 bits per heavy atom. The summed E-state index contributed by atoms with van der Waals surface area (Å²) in [5.74, 6) is 0.0464. The average Bonchev–Trinajstić information content (AvgIpc) is 3.25. The fourth-order valence-electron chi connectivity index (χ4n) is 2.53. The Balaban J connectivity index is 1.91. The summed E-state index contributed by atoms with van der Waals surface area (Å²) in [5.41, 5.74) is 4.15. The fourth-order valence-corrected chi connectivity index (χ4v) is 3.92. The van der Waals surface area contributed by atoms with Crippen LogP contribution in [0.3, 0.4) is 0 Å². The number of carbonyl (C=O) groups is 1. The van der Waals surface area contributed by atoms with Gasteiger partial charge in [-0.3, -0.25) is 4.79 Å². The van der Waals surface area contributed by atoms with Crippen molar-refractivity contribution in [2.75, 3.05) is 7.05 Å². The smallest absolute Gasteiger partial charge is 0.255 e. The second-order valence-electron chi connectivity index (χ2n) is 5.74. The number of hydrogen-bond acceptors (Lipinski definition) is 3. The molecule has 0 spiro atoms. The quantitative estimate of drug-likeness (QED) is 0.569. The lowest BCUT2D eigenvalue weighted by atomic mass is 10.1. The van der Waals surface area contributed by atoms with Crippen molar-refractivity contribution in [2.45, 2.75) is 13.5 Å². The van der Waals surface area contributed by atoms with Gasteiger partial charge in [0.25, 0.3) is 5.91 Å². The predicted octanol–water partition coefficient (Wildman–Crippen LogP) is 5.32. The maximum absolute atomic E-state index is 13.0. The highest BCUT2D eigenvalue weighted by molar-refractivity contribution is 7.11. The molecule has 0 bridgehead atoms. The van der Waals surface area contributed by atoms with E-state index in [0.29, 0.717) is 6.54 Å². The summed E-state index contributed by atoms with van der Waals surface area (Å²) < 4.78 is 0. The number of likely N-dealkylation sites (N-methyl/N-ethyl adjacent to an activating group) is 1. The van der Waals surface area contributed by atoms with Gasteiger partial charge in [0.15, 0.2) is 0 Å². The molecular formula is C20H19NOS2. The predicted molar refractivity (Wildman–Crippen MR) is 104 cm³/mol. The van der Waals surface area contributed by atoms with Gasteiger partial charge in [0, 0.05) is 18.5 Å². The topological polar surface area (TPSA) is 20.3 Å². The molecular weight excluding hydrogens is 334 g/mol. The first-order chi connectivity index (χ1) is 11.6. The summed E-state index contributed by atoms with van der Waals surface area (Å²) in [5, 5.41) is 6.13. The van der Waals surface area contributed by atoms with Gasteiger partial charge in [-0.1, -0.05) is 35.9 Å². The van der Waals surface area contributed by atoms with Crippen molar-refractivity contribution in [1.82, 2.24) is 4.90 Å². The lowest BCUT2D eigenvalue weighted by Crippen LogP contribution is -2.26. The van der Waals surface area contributed by atoms with Gasteiger partial charge < -0.3 is 4.90 Å². The number of nitrogens with zero attached hydrogens (tertiary/aromatic N) is 1. The Hall–Kier alpha value is -2.17. The van der Waals surface area contributed by atoms with E-state index in [4.69, 9.17) is 0 Å². The lowest BCUT2D eigenvalue weighted by molar-refractivity contribution is -0.124. The van der Waals surface area contributed by atoms with E-state index in [9.17, 15) is 4.79 Å². The molecule has 0 saturated carbocycles. The van der Waals surface area contributed by atoms with Crippen LogP contribution in [0.4, 0.5) is 0 Å². The molecule has 0 radical (unpaired) electrons. The van der Waals surface area contributed by atoms with E-state index in [2.05, 4.69) is 30.5 Å². The van der Waals surface area contributed by atoms with Crippen LogP contribution in [0.5, 0.6) is 0 Å². The molecule has 0 fully saturated rings. The Kier molecular flexibility index (Phi) is 5.28. The zero-order chi connectivity index (χ0) is 16.9. The molecule has 122 valence electrons. The average molecular weight is 354 g/mol. The summed E-state index contributed by atoms with van der Waals surface area (Å²) >= 11 is 3.25. The molecule has 2 nitrogen and oxygen atoms in total. The van der Waals surface area contributed by atoms with E-state index in [-0.39, 0.29) is 5.91 Å². The molecule has 0 aliphatic carbocycles. The first-order valence-corrected chi connectivity index (χ1v) is 9.54. The number of hydrogen-bond donors (Lipinski definition) is 0. The van der Waals surface area contributed by atoms with Crippen LogP contribution in [0.25, 0.3) is 11.6 Å². The number of carbonyl (C=O) groups excluding carboxylic acids is 1. The maximum atomic E-state index is 13.0. The van der Waals surface area contributed by atoms with Crippen molar-refractivity contribution < 1.29 is 4.79 Å². The Morgan fingerprint density at radius 1 is 1.17 bits per heavy atom. The van der Waals surface area contributed by atoms with Crippen molar-refractivity contribution >= 4 is 40.2 Å². The van der Waals surface area contributed by atoms with E-state index in [1.54, 1.807) is 27.6 Å². The van der Waals surface area contributed by atoms with Crippen LogP contribution in [0.1, 0.15) is 21.6 Å². The number of rotatable bonds is 5. The third kappa shape index (κ3) is 4.02. The second kappa shape index (κ2) is 7.60. The van der Waals surface area contributed by atoms with Gasteiger partial charge in [0.1, 0.15) is 0 Å². The van der Waals surface area contributed by atoms with Gasteiger partial charge in [0.05, 0.1) is 5.57 Å². The molecule has 1 aromatic carbocycles. The van der Waals surface area contributed by atoms with Crippen LogP contribution in [0.2, 0.25) is 0 Å². The normalized spacial score (nSPS) is 11.5. The van der Waals surface area contributed by atoms with Gasteiger partial charge in [-0.25, -0.2) is 0 Å². The van der Waals surface area contributed by atoms with Gasteiger partial charge in [-0.2, -0.15) is 11.3 Å². The second-order valence-corrected chi connectivity index (χ2v) is 7.47. The molecule has 2 aromatic heterocycles. The maximum Gasteiger partial charge on any atom is 0.255 e. The zero-order valence-electron chi connectivity index (χ0n) is 13.7. The summed E-state index contributed by atoms with van der Waals surface area (Å²) in [7, 11) is 1.86. The third-order valence-electron chi connectivity index (χ3n) is 3.72. The molecule has 24 heavy (non-hydrogen) atoms. The van der Waals surface area contributed by atoms with Crippen LogP contribution < -0.4 is 0 Å². The highest BCUT2D eigenvalue weighted by Gasteiger charge is 2.18. The fraction of sp³-hybridized carbons (Fsp3) is 0.150. The van der Waals surface area contributed by atoms with Crippen molar-refractivity contribution in [3.8, 4) is 0 Å². The Labute approximate surface area is 150 Å². The van der Waals surface area contributed by atoms with Crippen LogP contribution in [-0.4, -0.2) is 17.9 Å². The summed E-state index contributed by atoms with van der Waals surface area (Å²) in [6.07, 6.45) is 1.99. The first-order valence-electron chi connectivity index (χ1n) is 7.72. The minimum absolute atomic E-state index is 0.0464. The van der Waals surface area contributed by atoms with Crippen LogP contribution in [0, 0.1) is 6.92 Å². The van der Waals surface area contributed by atoms with E-state index in [1.165, 1.54) is 5.56 Å². The highest BCUT2D eigenvalue weighted by Crippen LogP contribution is 2.25. The van der Waals surface area contributed by atoms with Gasteiger partial charge in [-0.05, 0) is 52.4 Å². The summed E-state index contributed by atoms with van der Waals surface area (Å²) in [4.78, 5) is 15.8. The van der Waals surface area contributed by atoms with E-state index < -0.39 is 0 Å². The Bertz CT molecular complexity index is 832. The number of thiophene rings is 2. The minimum Gasteiger partial charge on any atom is -0.337 e. The number of amides is 1. The number of aryl methyl sites for hydroxylation is 1. The summed E-state index contributed by atoms with van der Waals surface area (Å²) in [6.45, 7) is 2.69. The van der Waals surface area contributed by atoms with E-state index >= 15 is 0 Å². The van der Waals surface area contributed by atoms with E-state index in [0.717, 1.165) is 21.6 Å². The lowest BCUT2D eigenvalue weighted by Gasteiger charge is -2.18. The number of benzene rings is 1. The molecule has 4 heteroatoms. The van der Waals surface area contributed by atoms with Crippen molar-refractivity contribution in [1.29, 1.82) is 0 Å². The molecule has 0 unspecified atom stereocenters. The van der Waals surface area contributed by atoms with Crippen molar-refractivity contribution in [3.05, 3.63) is 80.2 Å². The molecule has 3 aromatic rings. The SMILES string of the molecule is Cc1cccc(C=C(C(=O)N(C)Cc2ccsc2)c2cccs2)c1. The van der Waals surface area contributed by atoms with E-state index in [1.807, 2.05) is 48.1 Å². The highest BCUT2D eigenvalue weighted by atomic mass is 32.1. The standard InChI is InChI=1S/C20H19NOS2/c1-15-5-3-6-16(11-15)12-18(19-7-4-9-24-19)20(22)21(2)13-17-8-10-23-14-17/h3-12,14H,13H2,1-2H3. The van der Waals surface area contributed by atoms with Crippen molar-refractivity contribution in [2.24, 2.45) is 0 Å². The molecule has 0 aliphatic heterocycles.